The standard InChI is InChI=1S/C18H16N2O3/c1-12-9-14(6-8-19-12)13-4-5-16-15(10-13)3-2-7-18(16,11-21)20-17(22)23/h2,4-11,20H,3H2,1H3,(H,22,23)/t18-/m1/s1. The average molecular weight is 308 g/mol. The SMILES string of the molecule is Cc1cc(-c2ccc3c(c2)CC=C[C@]3(C=O)NC(=O)O)ccn1. The van der Waals surface area contributed by atoms with Crippen molar-refractivity contribution >= 4 is 12.4 Å². The molecule has 2 N–H and O–H groups in total. The number of nitrogens with one attached hydrogen (secondary N) is 1. The Bertz CT molecular complexity index is 814. The van der Waals surface area contributed by atoms with Crippen LogP contribution in [-0.4, -0.2) is 22.5 Å². The summed E-state index contributed by atoms with van der Waals surface area (Å²) in [7, 11) is 0. The van der Waals surface area contributed by atoms with Crippen molar-refractivity contribution in [2.24, 2.45) is 0 Å². The highest BCUT2D eigenvalue weighted by Crippen LogP contribution is 2.32. The molecule has 116 valence electrons. The van der Waals surface area contributed by atoms with Crippen LogP contribution in [-0.2, 0) is 16.8 Å². The molecule has 0 saturated heterocycles. The summed E-state index contributed by atoms with van der Waals surface area (Å²) in [6.07, 6.45) is 5.23. The molecule has 5 nitrogen and oxygen atoms in total. The highest BCUT2D eigenvalue weighted by atomic mass is 16.4. The molecule has 1 amide bonds. The first-order valence-electron chi connectivity index (χ1n) is 7.26. The van der Waals surface area contributed by atoms with E-state index in [2.05, 4.69) is 10.3 Å². The van der Waals surface area contributed by atoms with Gasteiger partial charge in [-0.2, -0.15) is 0 Å². The van der Waals surface area contributed by atoms with Crippen molar-refractivity contribution in [3.05, 3.63) is 65.5 Å². The minimum absolute atomic E-state index is 0.631. The van der Waals surface area contributed by atoms with Crippen LogP contribution in [0.4, 0.5) is 4.79 Å². The average Bonchev–Trinajstić information content (AvgIpc) is 2.54. The fraction of sp³-hybridized carbons (Fsp3) is 0.167. The Morgan fingerprint density at radius 1 is 1.30 bits per heavy atom. The molecule has 0 spiro atoms. The highest BCUT2D eigenvalue weighted by Gasteiger charge is 2.35. The van der Waals surface area contributed by atoms with Crippen LogP contribution in [0.3, 0.4) is 0 Å². The molecule has 0 fully saturated rings. The second-order valence-corrected chi connectivity index (χ2v) is 5.58. The number of fused-ring (bicyclic) bond motifs is 1. The molecule has 2 aromatic rings. The number of benzene rings is 1. The quantitative estimate of drug-likeness (QED) is 0.675. The number of hydrogen-bond acceptors (Lipinski definition) is 3. The number of nitrogens with zero attached hydrogens (tertiary/aromatic N) is 1. The first-order valence-corrected chi connectivity index (χ1v) is 7.26. The van der Waals surface area contributed by atoms with Gasteiger partial charge in [-0.1, -0.05) is 30.4 Å². The summed E-state index contributed by atoms with van der Waals surface area (Å²) in [5.74, 6) is 0. The number of carbonyl (C=O) groups excluding carboxylic acids is 1. The van der Waals surface area contributed by atoms with Gasteiger partial charge in [-0.3, -0.25) is 9.78 Å². The number of aldehydes is 1. The highest BCUT2D eigenvalue weighted by molar-refractivity contribution is 5.81. The molecule has 5 heteroatoms. The zero-order valence-corrected chi connectivity index (χ0v) is 12.6. The number of rotatable bonds is 3. The largest absolute Gasteiger partial charge is 0.465 e. The Morgan fingerprint density at radius 3 is 2.78 bits per heavy atom. The predicted molar refractivity (Wildman–Crippen MR) is 86.2 cm³/mol. The van der Waals surface area contributed by atoms with Crippen molar-refractivity contribution in [2.75, 3.05) is 0 Å². The van der Waals surface area contributed by atoms with Gasteiger partial charge in [0.1, 0.15) is 5.54 Å². The van der Waals surface area contributed by atoms with E-state index in [9.17, 15) is 9.59 Å². The third kappa shape index (κ3) is 2.73. The lowest BCUT2D eigenvalue weighted by atomic mass is 9.81. The second kappa shape index (κ2) is 5.68. The maximum atomic E-state index is 11.6. The van der Waals surface area contributed by atoms with Gasteiger partial charge < -0.3 is 10.4 Å². The number of amides is 1. The number of aromatic nitrogens is 1. The van der Waals surface area contributed by atoms with Crippen molar-refractivity contribution in [2.45, 2.75) is 18.9 Å². The van der Waals surface area contributed by atoms with Gasteiger partial charge >= 0.3 is 6.09 Å². The fourth-order valence-corrected chi connectivity index (χ4v) is 2.95. The lowest BCUT2D eigenvalue weighted by Crippen LogP contribution is -2.46. The summed E-state index contributed by atoms with van der Waals surface area (Å²) in [6, 6.07) is 9.62. The second-order valence-electron chi connectivity index (χ2n) is 5.58. The lowest BCUT2D eigenvalue weighted by molar-refractivity contribution is -0.112. The normalized spacial score (nSPS) is 19.0. The maximum Gasteiger partial charge on any atom is 0.405 e. The van der Waals surface area contributed by atoms with E-state index in [1.807, 2.05) is 43.3 Å². The topological polar surface area (TPSA) is 79.3 Å². The van der Waals surface area contributed by atoms with Crippen LogP contribution in [0.25, 0.3) is 11.1 Å². The van der Waals surface area contributed by atoms with E-state index in [-0.39, 0.29) is 0 Å². The Hall–Kier alpha value is -2.95. The van der Waals surface area contributed by atoms with Gasteiger partial charge in [0, 0.05) is 11.9 Å². The molecular weight excluding hydrogens is 292 g/mol. The molecule has 3 rings (SSSR count). The van der Waals surface area contributed by atoms with Gasteiger partial charge in [-0.15, -0.1) is 0 Å². The number of pyridine rings is 1. The van der Waals surface area contributed by atoms with E-state index in [1.165, 1.54) is 0 Å². The monoisotopic (exact) mass is 308 g/mol. The molecule has 1 aromatic heterocycles. The summed E-state index contributed by atoms with van der Waals surface area (Å²) in [4.78, 5) is 26.8. The number of hydrogen-bond donors (Lipinski definition) is 2. The van der Waals surface area contributed by atoms with Gasteiger partial charge in [0.15, 0.2) is 6.29 Å². The van der Waals surface area contributed by atoms with Gasteiger partial charge in [0.25, 0.3) is 0 Å². The van der Waals surface area contributed by atoms with Crippen LogP contribution in [0.15, 0.2) is 48.7 Å². The van der Waals surface area contributed by atoms with Crippen molar-refractivity contribution < 1.29 is 14.7 Å². The smallest absolute Gasteiger partial charge is 0.405 e. The number of allylic oxidation sites excluding steroid dienone is 1. The van der Waals surface area contributed by atoms with E-state index in [0.717, 1.165) is 22.4 Å². The first-order chi connectivity index (χ1) is 11.0. The molecule has 1 atom stereocenters. The molecule has 0 radical (unpaired) electrons. The summed E-state index contributed by atoms with van der Waals surface area (Å²) < 4.78 is 0. The number of aryl methyl sites for hydroxylation is 1. The third-order valence-corrected chi connectivity index (χ3v) is 4.00. The lowest BCUT2D eigenvalue weighted by Gasteiger charge is -2.30. The van der Waals surface area contributed by atoms with Crippen LogP contribution >= 0.6 is 0 Å². The van der Waals surface area contributed by atoms with E-state index in [4.69, 9.17) is 5.11 Å². The first kappa shape index (κ1) is 15.0. The minimum Gasteiger partial charge on any atom is -0.465 e. The van der Waals surface area contributed by atoms with Crippen LogP contribution in [0, 0.1) is 6.92 Å². The van der Waals surface area contributed by atoms with E-state index in [0.29, 0.717) is 18.3 Å². The van der Waals surface area contributed by atoms with E-state index in [1.54, 1.807) is 12.3 Å². The van der Waals surface area contributed by atoms with Crippen LogP contribution < -0.4 is 5.32 Å². The molecule has 0 saturated carbocycles. The predicted octanol–water partition coefficient (Wildman–Crippen LogP) is 2.83. The molecule has 1 heterocycles. The number of carbonyl (C=O) groups is 2. The van der Waals surface area contributed by atoms with Gasteiger partial charge in [-0.05, 0) is 47.7 Å². The summed E-state index contributed by atoms with van der Waals surface area (Å²) in [5, 5.41) is 11.4. The van der Waals surface area contributed by atoms with Gasteiger partial charge in [-0.25, -0.2) is 4.79 Å². The molecule has 1 aromatic carbocycles. The van der Waals surface area contributed by atoms with Crippen molar-refractivity contribution in [1.82, 2.24) is 10.3 Å². The van der Waals surface area contributed by atoms with Crippen LogP contribution in [0.1, 0.15) is 16.8 Å². The Balaban J connectivity index is 2.08. The van der Waals surface area contributed by atoms with Gasteiger partial charge in [0.2, 0.25) is 0 Å². The van der Waals surface area contributed by atoms with Crippen molar-refractivity contribution in [1.29, 1.82) is 0 Å². The fourth-order valence-electron chi connectivity index (χ4n) is 2.95. The molecular formula is C18H16N2O3. The summed E-state index contributed by atoms with van der Waals surface area (Å²) >= 11 is 0. The van der Waals surface area contributed by atoms with Crippen molar-refractivity contribution in [3.8, 4) is 11.1 Å². The van der Waals surface area contributed by atoms with Crippen LogP contribution in [0.5, 0.6) is 0 Å². The summed E-state index contributed by atoms with van der Waals surface area (Å²) in [6.45, 7) is 1.93. The zero-order chi connectivity index (χ0) is 16.4. The Labute approximate surface area is 133 Å². The number of carboxylic acid groups (broad SMARTS) is 1. The Kier molecular flexibility index (Phi) is 3.70. The van der Waals surface area contributed by atoms with E-state index >= 15 is 0 Å². The Morgan fingerprint density at radius 2 is 2.09 bits per heavy atom. The molecule has 0 bridgehead atoms. The van der Waals surface area contributed by atoms with Gasteiger partial charge in [0.05, 0.1) is 0 Å². The third-order valence-electron chi connectivity index (χ3n) is 4.00. The van der Waals surface area contributed by atoms with E-state index < -0.39 is 11.6 Å². The maximum absolute atomic E-state index is 11.6. The molecule has 0 unspecified atom stereocenters. The molecule has 1 aliphatic rings. The minimum atomic E-state index is -1.31. The molecule has 0 aliphatic heterocycles. The molecule has 23 heavy (non-hydrogen) atoms. The van der Waals surface area contributed by atoms with Crippen molar-refractivity contribution in [3.63, 3.8) is 0 Å². The van der Waals surface area contributed by atoms with Crippen LogP contribution in [0.2, 0.25) is 0 Å². The summed E-state index contributed by atoms with van der Waals surface area (Å²) in [5.41, 5.74) is 3.27. The zero-order valence-electron chi connectivity index (χ0n) is 12.6. The molecule has 1 aliphatic carbocycles.